The van der Waals surface area contributed by atoms with E-state index in [0.29, 0.717) is 24.3 Å². The van der Waals surface area contributed by atoms with E-state index >= 15 is 0 Å². The molecule has 1 saturated heterocycles. The number of imide groups is 1. The second kappa shape index (κ2) is 9.03. The number of nitrogens with zero attached hydrogens (tertiary/aromatic N) is 1. The topological polar surface area (TPSA) is 111 Å². The van der Waals surface area contributed by atoms with E-state index < -0.39 is 11.9 Å². The number of nitrogens with one attached hydrogen (secondary N) is 3. The zero-order chi connectivity index (χ0) is 18.2. The van der Waals surface area contributed by atoms with Crippen LogP contribution in [0.4, 0.5) is 10.5 Å². The smallest absolute Gasteiger partial charge is 0.321 e. The number of carbonyl (C=O) groups is 3. The molecular weight excluding hydrogens is 324 g/mol. The highest BCUT2D eigenvalue weighted by atomic mass is 16.3. The van der Waals surface area contributed by atoms with Gasteiger partial charge in [0.15, 0.2) is 0 Å². The standard InChI is InChI=1S/C17H24N4O4/c1-2-18-17(25)20-15(23)10-19-14-8-4-3-7-13(14)16(24)21-9-5-6-12(21)11-22/h3-4,7-8,12,19,22H,2,5-6,9-11H2,1H3,(H2,18,20,23,25)/t12-/m1/s1. The van der Waals surface area contributed by atoms with Crippen LogP contribution < -0.4 is 16.0 Å². The molecule has 1 atom stereocenters. The van der Waals surface area contributed by atoms with Crippen molar-refractivity contribution < 1.29 is 19.5 Å². The molecule has 0 aromatic heterocycles. The Bertz CT molecular complexity index is 635. The summed E-state index contributed by atoms with van der Waals surface area (Å²) >= 11 is 0. The summed E-state index contributed by atoms with van der Waals surface area (Å²) in [7, 11) is 0. The van der Waals surface area contributed by atoms with Crippen LogP contribution in [-0.4, -0.2) is 60.1 Å². The third-order valence-electron chi connectivity index (χ3n) is 4.04. The molecule has 0 unspecified atom stereocenters. The summed E-state index contributed by atoms with van der Waals surface area (Å²) in [5.41, 5.74) is 0.954. The lowest BCUT2D eigenvalue weighted by Crippen LogP contribution is -2.42. The number of amides is 4. The number of aliphatic hydroxyl groups excluding tert-OH is 1. The van der Waals surface area contributed by atoms with Gasteiger partial charge < -0.3 is 20.6 Å². The Morgan fingerprint density at radius 1 is 1.28 bits per heavy atom. The van der Waals surface area contributed by atoms with Crippen molar-refractivity contribution in [1.82, 2.24) is 15.5 Å². The lowest BCUT2D eigenvalue weighted by atomic mass is 10.1. The zero-order valence-corrected chi connectivity index (χ0v) is 14.2. The normalized spacial score (nSPS) is 16.4. The highest BCUT2D eigenvalue weighted by Crippen LogP contribution is 2.23. The van der Waals surface area contributed by atoms with Gasteiger partial charge in [0, 0.05) is 18.8 Å². The van der Waals surface area contributed by atoms with Crippen molar-refractivity contribution in [2.45, 2.75) is 25.8 Å². The molecule has 1 fully saturated rings. The minimum atomic E-state index is -0.554. The molecule has 8 nitrogen and oxygen atoms in total. The van der Waals surface area contributed by atoms with Crippen LogP contribution in [0, 0.1) is 0 Å². The number of hydrogen-bond donors (Lipinski definition) is 4. The monoisotopic (exact) mass is 348 g/mol. The lowest BCUT2D eigenvalue weighted by Gasteiger charge is -2.24. The largest absolute Gasteiger partial charge is 0.394 e. The van der Waals surface area contributed by atoms with Gasteiger partial charge in [0.25, 0.3) is 5.91 Å². The fourth-order valence-electron chi connectivity index (χ4n) is 2.82. The first kappa shape index (κ1) is 18.7. The van der Waals surface area contributed by atoms with Gasteiger partial charge in [0.05, 0.1) is 24.8 Å². The summed E-state index contributed by atoms with van der Waals surface area (Å²) in [6, 6.07) is 6.17. The van der Waals surface area contributed by atoms with Gasteiger partial charge in [0.1, 0.15) is 0 Å². The molecule has 0 saturated carbocycles. The first-order valence-electron chi connectivity index (χ1n) is 8.39. The third kappa shape index (κ3) is 4.93. The van der Waals surface area contributed by atoms with Crippen molar-refractivity contribution in [3.8, 4) is 0 Å². The van der Waals surface area contributed by atoms with Crippen LogP contribution >= 0.6 is 0 Å². The van der Waals surface area contributed by atoms with E-state index in [9.17, 15) is 19.5 Å². The summed E-state index contributed by atoms with van der Waals surface area (Å²) in [5, 5.41) is 17.0. The quantitative estimate of drug-likeness (QED) is 0.600. The van der Waals surface area contributed by atoms with E-state index in [1.807, 2.05) is 0 Å². The van der Waals surface area contributed by atoms with Crippen molar-refractivity contribution in [1.29, 1.82) is 0 Å². The van der Waals surface area contributed by atoms with Gasteiger partial charge in [-0.3, -0.25) is 14.9 Å². The van der Waals surface area contributed by atoms with Crippen molar-refractivity contribution in [3.05, 3.63) is 29.8 Å². The molecule has 0 aliphatic carbocycles. The van der Waals surface area contributed by atoms with Crippen LogP contribution in [-0.2, 0) is 4.79 Å². The first-order chi connectivity index (χ1) is 12.1. The Hall–Kier alpha value is -2.61. The number of para-hydroxylation sites is 1. The minimum Gasteiger partial charge on any atom is -0.394 e. The van der Waals surface area contributed by atoms with Crippen LogP contribution in [0.15, 0.2) is 24.3 Å². The molecule has 1 aliphatic heterocycles. The third-order valence-corrected chi connectivity index (χ3v) is 4.04. The summed E-state index contributed by atoms with van der Waals surface area (Å²) in [4.78, 5) is 37.5. The lowest BCUT2D eigenvalue weighted by molar-refractivity contribution is -0.118. The maximum atomic E-state index is 12.8. The van der Waals surface area contributed by atoms with E-state index in [0.717, 1.165) is 12.8 Å². The van der Waals surface area contributed by atoms with Crippen LogP contribution in [0.1, 0.15) is 30.1 Å². The predicted octanol–water partition coefficient (Wildman–Crippen LogP) is 0.541. The van der Waals surface area contributed by atoms with Gasteiger partial charge in [-0.2, -0.15) is 0 Å². The van der Waals surface area contributed by atoms with E-state index in [4.69, 9.17) is 0 Å². The fourth-order valence-corrected chi connectivity index (χ4v) is 2.82. The summed E-state index contributed by atoms with van der Waals surface area (Å²) in [6.07, 6.45) is 1.65. The van der Waals surface area contributed by atoms with Gasteiger partial charge >= 0.3 is 6.03 Å². The Morgan fingerprint density at radius 2 is 2.04 bits per heavy atom. The summed E-state index contributed by atoms with van der Waals surface area (Å²) in [5.74, 6) is -0.675. The number of rotatable bonds is 6. The van der Waals surface area contributed by atoms with Gasteiger partial charge in [0.2, 0.25) is 5.91 Å². The maximum absolute atomic E-state index is 12.8. The molecular formula is C17H24N4O4. The number of hydrogen-bond acceptors (Lipinski definition) is 5. The van der Waals surface area contributed by atoms with Gasteiger partial charge in [-0.25, -0.2) is 4.79 Å². The van der Waals surface area contributed by atoms with Crippen molar-refractivity contribution in [2.75, 3.05) is 31.6 Å². The predicted molar refractivity (Wildman–Crippen MR) is 93.3 cm³/mol. The minimum absolute atomic E-state index is 0.0592. The number of aliphatic hydroxyl groups is 1. The Labute approximate surface area is 146 Å². The fraction of sp³-hybridized carbons (Fsp3) is 0.471. The van der Waals surface area contributed by atoms with Crippen LogP contribution in [0.3, 0.4) is 0 Å². The second-order valence-corrected chi connectivity index (χ2v) is 5.78. The van der Waals surface area contributed by atoms with Gasteiger partial charge in [-0.1, -0.05) is 12.1 Å². The molecule has 1 aromatic carbocycles. The van der Waals surface area contributed by atoms with Crippen molar-refractivity contribution >= 4 is 23.5 Å². The van der Waals surface area contributed by atoms with Gasteiger partial charge in [-0.15, -0.1) is 0 Å². The van der Waals surface area contributed by atoms with E-state index in [1.165, 1.54) is 0 Å². The molecule has 0 bridgehead atoms. The van der Waals surface area contributed by atoms with Crippen LogP contribution in [0.2, 0.25) is 0 Å². The summed E-state index contributed by atoms with van der Waals surface area (Å²) in [6.45, 7) is 2.59. The van der Waals surface area contributed by atoms with Crippen LogP contribution in [0.5, 0.6) is 0 Å². The maximum Gasteiger partial charge on any atom is 0.321 e. The molecule has 0 spiro atoms. The molecule has 4 N–H and O–H groups in total. The Morgan fingerprint density at radius 3 is 2.76 bits per heavy atom. The molecule has 25 heavy (non-hydrogen) atoms. The highest BCUT2D eigenvalue weighted by Gasteiger charge is 2.29. The molecule has 4 amide bonds. The molecule has 1 heterocycles. The average molecular weight is 348 g/mol. The number of urea groups is 1. The number of benzene rings is 1. The van der Waals surface area contributed by atoms with E-state index in [-0.39, 0.29) is 25.1 Å². The van der Waals surface area contributed by atoms with Crippen molar-refractivity contribution in [2.24, 2.45) is 0 Å². The van der Waals surface area contributed by atoms with Crippen molar-refractivity contribution in [3.63, 3.8) is 0 Å². The number of likely N-dealkylation sites (tertiary alicyclic amines) is 1. The average Bonchev–Trinajstić information content (AvgIpc) is 3.08. The molecule has 2 rings (SSSR count). The number of carbonyl (C=O) groups excluding carboxylic acids is 3. The van der Waals surface area contributed by atoms with E-state index in [1.54, 1.807) is 36.1 Å². The molecule has 8 heteroatoms. The van der Waals surface area contributed by atoms with Crippen LogP contribution in [0.25, 0.3) is 0 Å². The second-order valence-electron chi connectivity index (χ2n) is 5.78. The molecule has 136 valence electrons. The Kier molecular flexibility index (Phi) is 6.76. The summed E-state index contributed by atoms with van der Waals surface area (Å²) < 4.78 is 0. The zero-order valence-electron chi connectivity index (χ0n) is 14.2. The SMILES string of the molecule is CCNC(=O)NC(=O)CNc1ccccc1C(=O)N1CCC[C@@H]1CO. The van der Waals surface area contributed by atoms with E-state index in [2.05, 4.69) is 16.0 Å². The highest BCUT2D eigenvalue weighted by molar-refractivity contribution is 6.01. The Balaban J connectivity index is 2.01. The molecule has 0 radical (unpaired) electrons. The van der Waals surface area contributed by atoms with Gasteiger partial charge in [-0.05, 0) is 31.9 Å². The molecule has 1 aromatic rings. The first-order valence-corrected chi connectivity index (χ1v) is 8.39. The number of anilines is 1. The molecule has 1 aliphatic rings.